The highest BCUT2D eigenvalue weighted by Crippen LogP contribution is 2.27. The van der Waals surface area contributed by atoms with Crippen LogP contribution in [-0.4, -0.2) is 23.9 Å². The third kappa shape index (κ3) is 3.11. The first kappa shape index (κ1) is 10.0. The van der Waals surface area contributed by atoms with E-state index < -0.39 is 5.60 Å². The van der Waals surface area contributed by atoms with Crippen LogP contribution in [-0.2, 0) is 4.74 Å². The maximum Gasteiger partial charge on any atom is 0.0855 e. The van der Waals surface area contributed by atoms with Gasteiger partial charge in [0.05, 0.1) is 12.2 Å². The quantitative estimate of drug-likeness (QED) is 0.688. The van der Waals surface area contributed by atoms with E-state index in [1.54, 1.807) is 0 Å². The second-order valence-electron chi connectivity index (χ2n) is 4.71. The molecule has 0 aromatic carbocycles. The molecule has 0 amide bonds. The molecule has 72 valence electrons. The average molecular weight is 172 g/mol. The topological polar surface area (TPSA) is 29.5 Å². The molecule has 1 rings (SSSR count). The van der Waals surface area contributed by atoms with Crippen molar-refractivity contribution in [1.29, 1.82) is 0 Å². The predicted molar refractivity (Wildman–Crippen MR) is 49.0 cm³/mol. The molecule has 0 radical (unpaired) electrons. The summed E-state index contributed by atoms with van der Waals surface area (Å²) < 4.78 is 5.35. The van der Waals surface area contributed by atoms with E-state index >= 15 is 0 Å². The van der Waals surface area contributed by atoms with E-state index in [0.29, 0.717) is 18.4 Å². The zero-order valence-corrected chi connectivity index (χ0v) is 8.34. The maximum absolute atomic E-state index is 9.73. The van der Waals surface area contributed by atoms with Crippen molar-refractivity contribution in [3.8, 4) is 0 Å². The number of hydrogen-bond donors (Lipinski definition) is 1. The summed E-state index contributed by atoms with van der Waals surface area (Å²) in [5, 5.41) is 9.73. The van der Waals surface area contributed by atoms with Gasteiger partial charge in [0.15, 0.2) is 0 Å². The van der Waals surface area contributed by atoms with E-state index in [1.807, 2.05) is 6.92 Å². The fourth-order valence-corrected chi connectivity index (χ4v) is 2.00. The minimum atomic E-state index is -0.586. The molecule has 0 spiro atoms. The zero-order chi connectivity index (χ0) is 9.19. The number of ether oxygens (including phenoxy) is 1. The van der Waals surface area contributed by atoms with Gasteiger partial charge in [0, 0.05) is 6.61 Å². The van der Waals surface area contributed by atoms with Crippen molar-refractivity contribution in [2.45, 2.75) is 39.2 Å². The Morgan fingerprint density at radius 3 is 2.75 bits per heavy atom. The lowest BCUT2D eigenvalue weighted by Gasteiger charge is -2.34. The number of hydrogen-bond acceptors (Lipinski definition) is 2. The molecule has 0 saturated carbocycles. The summed E-state index contributed by atoms with van der Waals surface area (Å²) >= 11 is 0. The van der Waals surface area contributed by atoms with Crippen LogP contribution in [0.3, 0.4) is 0 Å². The highest BCUT2D eigenvalue weighted by atomic mass is 16.5. The van der Waals surface area contributed by atoms with E-state index in [1.165, 1.54) is 0 Å². The molecular weight excluding hydrogens is 152 g/mol. The largest absolute Gasteiger partial charge is 0.388 e. The van der Waals surface area contributed by atoms with Crippen molar-refractivity contribution in [1.82, 2.24) is 0 Å². The lowest BCUT2D eigenvalue weighted by atomic mass is 9.85. The summed E-state index contributed by atoms with van der Waals surface area (Å²) in [6, 6.07) is 0. The summed E-state index contributed by atoms with van der Waals surface area (Å²) in [5.41, 5.74) is -0.586. The summed E-state index contributed by atoms with van der Waals surface area (Å²) in [4.78, 5) is 0. The van der Waals surface area contributed by atoms with Crippen molar-refractivity contribution in [3.63, 3.8) is 0 Å². The number of rotatable bonds is 2. The first-order valence-corrected chi connectivity index (χ1v) is 4.80. The Hall–Kier alpha value is -0.0800. The molecular formula is C10H20O2. The van der Waals surface area contributed by atoms with Crippen molar-refractivity contribution < 1.29 is 9.84 Å². The Labute approximate surface area is 74.9 Å². The molecule has 2 atom stereocenters. The van der Waals surface area contributed by atoms with E-state index in [2.05, 4.69) is 13.8 Å². The van der Waals surface area contributed by atoms with Gasteiger partial charge in [-0.05, 0) is 31.6 Å². The first-order valence-electron chi connectivity index (χ1n) is 4.80. The van der Waals surface area contributed by atoms with E-state index in [4.69, 9.17) is 4.74 Å². The van der Waals surface area contributed by atoms with Gasteiger partial charge in [0.1, 0.15) is 0 Å². The molecule has 0 bridgehead atoms. The van der Waals surface area contributed by atoms with Crippen LogP contribution in [0.4, 0.5) is 0 Å². The Bertz CT molecular complexity index is 141. The molecule has 1 saturated heterocycles. The van der Waals surface area contributed by atoms with E-state index in [9.17, 15) is 5.11 Å². The van der Waals surface area contributed by atoms with Gasteiger partial charge in [-0.2, -0.15) is 0 Å². The van der Waals surface area contributed by atoms with Gasteiger partial charge in [-0.3, -0.25) is 0 Å². The fourth-order valence-electron chi connectivity index (χ4n) is 2.00. The van der Waals surface area contributed by atoms with Crippen molar-refractivity contribution in [3.05, 3.63) is 0 Å². The van der Waals surface area contributed by atoms with Crippen molar-refractivity contribution in [2.24, 2.45) is 11.8 Å². The fraction of sp³-hybridized carbons (Fsp3) is 1.00. The molecule has 0 aromatic rings. The third-order valence-electron chi connectivity index (χ3n) is 2.30. The highest BCUT2D eigenvalue weighted by molar-refractivity contribution is 4.81. The van der Waals surface area contributed by atoms with E-state index in [-0.39, 0.29) is 0 Å². The maximum atomic E-state index is 9.73. The predicted octanol–water partition coefficient (Wildman–Crippen LogP) is 1.82. The van der Waals surface area contributed by atoms with Crippen LogP contribution >= 0.6 is 0 Å². The van der Waals surface area contributed by atoms with Gasteiger partial charge in [-0.25, -0.2) is 0 Å². The smallest absolute Gasteiger partial charge is 0.0855 e. The summed E-state index contributed by atoms with van der Waals surface area (Å²) in [5.74, 6) is 1.25. The second-order valence-corrected chi connectivity index (χ2v) is 4.71. The monoisotopic (exact) mass is 172 g/mol. The van der Waals surface area contributed by atoms with Crippen LogP contribution in [0.5, 0.6) is 0 Å². The van der Waals surface area contributed by atoms with Gasteiger partial charge in [0.2, 0.25) is 0 Å². The Balaban J connectivity index is 2.36. The molecule has 1 aliphatic heterocycles. The molecule has 1 fully saturated rings. The number of aliphatic hydroxyl groups is 1. The molecule has 1 aliphatic rings. The average Bonchev–Trinajstić information content (AvgIpc) is 1.82. The molecule has 0 aliphatic carbocycles. The Morgan fingerprint density at radius 1 is 1.58 bits per heavy atom. The van der Waals surface area contributed by atoms with Crippen LogP contribution in [0.1, 0.15) is 33.6 Å². The van der Waals surface area contributed by atoms with Crippen molar-refractivity contribution >= 4 is 0 Å². The zero-order valence-electron chi connectivity index (χ0n) is 8.34. The van der Waals surface area contributed by atoms with Crippen LogP contribution in [0.2, 0.25) is 0 Å². The SMILES string of the molecule is CC(C)CC1COCC(C)(O)C1. The molecule has 2 heteroatoms. The highest BCUT2D eigenvalue weighted by Gasteiger charge is 2.30. The van der Waals surface area contributed by atoms with Gasteiger partial charge in [-0.15, -0.1) is 0 Å². The standard InChI is InChI=1S/C10H20O2/c1-8(2)4-9-5-10(3,11)7-12-6-9/h8-9,11H,4-7H2,1-3H3. The van der Waals surface area contributed by atoms with Crippen LogP contribution in [0.15, 0.2) is 0 Å². The molecule has 1 heterocycles. The van der Waals surface area contributed by atoms with Gasteiger partial charge in [0.25, 0.3) is 0 Å². The molecule has 12 heavy (non-hydrogen) atoms. The van der Waals surface area contributed by atoms with Gasteiger partial charge in [-0.1, -0.05) is 13.8 Å². The summed E-state index contributed by atoms with van der Waals surface area (Å²) in [6.07, 6.45) is 2.06. The minimum Gasteiger partial charge on any atom is -0.388 e. The van der Waals surface area contributed by atoms with Crippen molar-refractivity contribution in [2.75, 3.05) is 13.2 Å². The lowest BCUT2D eigenvalue weighted by Crippen LogP contribution is -2.40. The first-order chi connectivity index (χ1) is 5.49. The Kier molecular flexibility index (Phi) is 3.13. The minimum absolute atomic E-state index is 0.502. The van der Waals surface area contributed by atoms with Crippen LogP contribution in [0, 0.1) is 11.8 Å². The normalized spacial score (nSPS) is 37.2. The van der Waals surface area contributed by atoms with E-state index in [0.717, 1.165) is 19.4 Å². The molecule has 1 N–H and O–H groups in total. The van der Waals surface area contributed by atoms with Crippen LogP contribution < -0.4 is 0 Å². The third-order valence-corrected chi connectivity index (χ3v) is 2.30. The summed E-state index contributed by atoms with van der Waals surface area (Å²) in [7, 11) is 0. The van der Waals surface area contributed by atoms with Gasteiger partial charge < -0.3 is 9.84 Å². The Morgan fingerprint density at radius 2 is 2.25 bits per heavy atom. The second kappa shape index (κ2) is 3.75. The lowest BCUT2D eigenvalue weighted by molar-refractivity contribution is -0.101. The summed E-state index contributed by atoms with van der Waals surface area (Å²) in [6.45, 7) is 7.61. The van der Waals surface area contributed by atoms with Gasteiger partial charge >= 0.3 is 0 Å². The van der Waals surface area contributed by atoms with Crippen LogP contribution in [0.25, 0.3) is 0 Å². The molecule has 2 nitrogen and oxygen atoms in total. The molecule has 2 unspecified atom stereocenters. The molecule has 0 aromatic heterocycles.